The minimum Gasteiger partial charge on any atom is -0.478 e. The lowest BCUT2D eigenvalue weighted by Crippen LogP contribution is -2.39. The van der Waals surface area contributed by atoms with Crippen LogP contribution in [0.2, 0.25) is 0 Å². The van der Waals surface area contributed by atoms with E-state index < -0.39 is 0 Å². The molecule has 1 aromatic heterocycles. The van der Waals surface area contributed by atoms with Gasteiger partial charge < -0.3 is 30.8 Å². The summed E-state index contributed by atoms with van der Waals surface area (Å²) in [4.78, 5) is 9.30. The third-order valence-electron chi connectivity index (χ3n) is 3.06. The zero-order valence-electron chi connectivity index (χ0n) is 11.9. The van der Waals surface area contributed by atoms with Crippen molar-refractivity contribution in [2.75, 3.05) is 26.3 Å². The topological polar surface area (TPSA) is 102 Å². The van der Waals surface area contributed by atoms with Crippen LogP contribution < -0.4 is 11.5 Å². The van der Waals surface area contributed by atoms with Crippen molar-refractivity contribution in [1.29, 1.82) is 0 Å². The molecule has 0 saturated carbocycles. The predicted octanol–water partition coefficient (Wildman–Crippen LogP) is 0.986. The van der Waals surface area contributed by atoms with E-state index in [9.17, 15) is 0 Å². The number of rotatable bonds is 5. The molecule has 0 aromatic carbocycles. The van der Waals surface area contributed by atoms with Crippen molar-refractivity contribution in [3.63, 3.8) is 0 Å². The average molecular weight is 314 g/mol. The number of nitrogens with two attached hydrogens (primary N) is 2. The van der Waals surface area contributed by atoms with E-state index in [1.165, 1.54) is 0 Å². The molecule has 116 valence electrons. The van der Waals surface area contributed by atoms with Gasteiger partial charge in [0.2, 0.25) is 5.88 Å². The summed E-state index contributed by atoms with van der Waals surface area (Å²) in [6, 6.07) is 0. The molecular formula is C13H20ClN5O2. The van der Waals surface area contributed by atoms with Gasteiger partial charge >= 0.3 is 0 Å². The fourth-order valence-corrected chi connectivity index (χ4v) is 2.27. The molecule has 1 saturated heterocycles. The minimum absolute atomic E-state index is 0.147. The molecule has 1 aromatic rings. The molecule has 1 fully saturated rings. The van der Waals surface area contributed by atoms with Crippen LogP contribution in [-0.2, 0) is 9.47 Å². The number of aromatic amines is 1. The van der Waals surface area contributed by atoms with Crippen molar-refractivity contribution in [3.8, 4) is 0 Å². The first-order chi connectivity index (χ1) is 10.1. The van der Waals surface area contributed by atoms with Crippen molar-refractivity contribution in [2.45, 2.75) is 13.0 Å². The number of morpholine rings is 1. The highest BCUT2D eigenvalue weighted by atomic mass is 35.5. The highest BCUT2D eigenvalue weighted by Gasteiger charge is 2.26. The summed E-state index contributed by atoms with van der Waals surface area (Å²) in [5, 5.41) is 0.147. The molecule has 21 heavy (non-hydrogen) atoms. The zero-order chi connectivity index (χ0) is 15.2. The maximum Gasteiger partial charge on any atom is 0.208 e. The minimum atomic E-state index is -0.164. The number of nitrogens with zero attached hydrogens (tertiary/aromatic N) is 2. The Labute approximate surface area is 128 Å². The van der Waals surface area contributed by atoms with E-state index in [1.807, 2.05) is 11.8 Å². The molecule has 1 aliphatic rings. The Morgan fingerprint density at radius 2 is 2.48 bits per heavy atom. The Morgan fingerprint density at radius 3 is 3.10 bits per heavy atom. The number of halogens is 1. The molecule has 2 heterocycles. The third-order valence-corrected chi connectivity index (χ3v) is 3.17. The number of nitrogens with one attached hydrogen (secondary N) is 1. The molecule has 5 N–H and O–H groups in total. The zero-order valence-corrected chi connectivity index (χ0v) is 12.6. The molecule has 2 rings (SSSR count). The molecule has 0 amide bonds. The van der Waals surface area contributed by atoms with Crippen molar-refractivity contribution in [1.82, 2.24) is 14.9 Å². The fourth-order valence-electron chi connectivity index (χ4n) is 2.17. The molecule has 0 bridgehead atoms. The van der Waals surface area contributed by atoms with Crippen molar-refractivity contribution in [2.24, 2.45) is 11.5 Å². The van der Waals surface area contributed by atoms with Crippen LogP contribution in [-0.4, -0.2) is 41.2 Å². The Balaban J connectivity index is 2.20. The lowest BCUT2D eigenvalue weighted by atomic mass is 10.2. The van der Waals surface area contributed by atoms with Crippen LogP contribution in [0.1, 0.15) is 18.9 Å². The van der Waals surface area contributed by atoms with E-state index >= 15 is 0 Å². The molecule has 0 spiro atoms. The van der Waals surface area contributed by atoms with Gasteiger partial charge in [-0.25, -0.2) is 4.98 Å². The first kappa shape index (κ1) is 15.5. The Morgan fingerprint density at radius 1 is 1.67 bits per heavy atom. The second-order valence-electron chi connectivity index (χ2n) is 4.49. The van der Waals surface area contributed by atoms with E-state index in [-0.39, 0.29) is 11.3 Å². The van der Waals surface area contributed by atoms with E-state index in [1.54, 1.807) is 18.5 Å². The number of H-pyrrole nitrogens is 1. The first-order valence-electron chi connectivity index (χ1n) is 6.72. The molecule has 1 unspecified atom stereocenters. The lowest BCUT2D eigenvalue weighted by molar-refractivity contribution is -0.0228. The number of hydrogen-bond acceptors (Lipinski definition) is 6. The number of aromatic nitrogens is 2. The standard InChI is InChI=1S/C13H20ClN5O2/c1-2-20-12(16)9(7-11(14)15)19-5-6-21-10(8-19)13-17-3-4-18-13/h3-4,7,10H,2,5-6,8,15-16H2,1H3,(H,17,18)/b11-7-,12-9-. The summed E-state index contributed by atoms with van der Waals surface area (Å²) in [6.07, 6.45) is 4.89. The van der Waals surface area contributed by atoms with Gasteiger partial charge in [-0.05, 0) is 6.92 Å². The van der Waals surface area contributed by atoms with Crippen LogP contribution in [0.25, 0.3) is 0 Å². The molecule has 1 aliphatic heterocycles. The highest BCUT2D eigenvalue weighted by Crippen LogP contribution is 2.23. The summed E-state index contributed by atoms with van der Waals surface area (Å²) < 4.78 is 11.1. The molecular weight excluding hydrogens is 294 g/mol. The van der Waals surface area contributed by atoms with Crippen molar-refractivity contribution >= 4 is 11.6 Å². The van der Waals surface area contributed by atoms with Crippen LogP contribution in [0.4, 0.5) is 0 Å². The van der Waals surface area contributed by atoms with Gasteiger partial charge in [0.1, 0.15) is 22.8 Å². The van der Waals surface area contributed by atoms with Crippen LogP contribution in [0, 0.1) is 0 Å². The number of hydrogen-bond donors (Lipinski definition) is 3. The summed E-state index contributed by atoms with van der Waals surface area (Å²) >= 11 is 5.79. The Bertz CT molecular complexity index is 511. The summed E-state index contributed by atoms with van der Waals surface area (Å²) in [6.45, 7) is 4.13. The summed E-state index contributed by atoms with van der Waals surface area (Å²) in [7, 11) is 0. The molecule has 0 radical (unpaired) electrons. The average Bonchev–Trinajstić information content (AvgIpc) is 2.99. The molecule has 0 aliphatic carbocycles. The second-order valence-corrected chi connectivity index (χ2v) is 4.93. The van der Waals surface area contributed by atoms with E-state index in [0.29, 0.717) is 37.9 Å². The number of allylic oxidation sites excluding steroid dienone is 1. The van der Waals surface area contributed by atoms with Crippen LogP contribution >= 0.6 is 11.6 Å². The third kappa shape index (κ3) is 4.05. The summed E-state index contributed by atoms with van der Waals surface area (Å²) in [5.74, 6) is 1.07. The SMILES string of the molecule is CCO/C(N)=C(/C=C(\N)Cl)N1CCOC(c2ncc[nH]2)C1. The van der Waals surface area contributed by atoms with Crippen molar-refractivity contribution < 1.29 is 9.47 Å². The van der Waals surface area contributed by atoms with Gasteiger partial charge in [0.25, 0.3) is 0 Å². The van der Waals surface area contributed by atoms with Crippen LogP contribution in [0.5, 0.6) is 0 Å². The maximum atomic E-state index is 5.96. The number of imidazole rings is 1. The van der Waals surface area contributed by atoms with Crippen LogP contribution in [0.3, 0.4) is 0 Å². The first-order valence-corrected chi connectivity index (χ1v) is 7.10. The monoisotopic (exact) mass is 313 g/mol. The van der Waals surface area contributed by atoms with Gasteiger partial charge in [-0.3, -0.25) is 0 Å². The smallest absolute Gasteiger partial charge is 0.208 e. The number of ether oxygens (including phenoxy) is 2. The van der Waals surface area contributed by atoms with Gasteiger partial charge in [0.05, 0.1) is 19.8 Å². The molecule has 7 nitrogen and oxygen atoms in total. The largest absolute Gasteiger partial charge is 0.478 e. The van der Waals surface area contributed by atoms with Crippen molar-refractivity contribution in [3.05, 3.63) is 41.0 Å². The highest BCUT2D eigenvalue weighted by molar-refractivity contribution is 6.29. The van der Waals surface area contributed by atoms with Crippen LogP contribution in [0.15, 0.2) is 35.2 Å². The summed E-state index contributed by atoms with van der Waals surface area (Å²) in [5.41, 5.74) is 12.2. The maximum absolute atomic E-state index is 5.96. The van der Waals surface area contributed by atoms with Gasteiger partial charge in [-0.15, -0.1) is 0 Å². The van der Waals surface area contributed by atoms with Gasteiger partial charge in [0.15, 0.2) is 0 Å². The van der Waals surface area contributed by atoms with E-state index in [4.69, 9.17) is 32.5 Å². The van der Waals surface area contributed by atoms with Gasteiger partial charge in [0, 0.05) is 25.0 Å². The van der Waals surface area contributed by atoms with E-state index in [2.05, 4.69) is 9.97 Å². The Kier molecular flexibility index (Phi) is 5.35. The van der Waals surface area contributed by atoms with E-state index in [0.717, 1.165) is 5.82 Å². The fraction of sp³-hybridized carbons (Fsp3) is 0.462. The van der Waals surface area contributed by atoms with Gasteiger partial charge in [-0.1, -0.05) is 11.6 Å². The second kappa shape index (κ2) is 7.24. The molecule has 1 atom stereocenters. The van der Waals surface area contributed by atoms with Gasteiger partial charge in [-0.2, -0.15) is 0 Å². The Hall–Kier alpha value is -1.86. The normalized spacial score (nSPS) is 21.1. The molecule has 8 heteroatoms. The quantitative estimate of drug-likeness (QED) is 0.425. The lowest BCUT2D eigenvalue weighted by Gasteiger charge is -2.34. The predicted molar refractivity (Wildman–Crippen MR) is 79.8 cm³/mol.